The van der Waals surface area contributed by atoms with Crippen LogP contribution >= 0.6 is 15.9 Å². The Hall–Kier alpha value is -3.92. The molecule has 0 saturated carbocycles. The number of amides is 3. The molecule has 0 fully saturated rings. The van der Waals surface area contributed by atoms with E-state index >= 15 is 0 Å². The van der Waals surface area contributed by atoms with Crippen molar-refractivity contribution in [3.63, 3.8) is 0 Å². The van der Waals surface area contributed by atoms with E-state index in [-0.39, 0.29) is 25.6 Å². The van der Waals surface area contributed by atoms with E-state index in [0.29, 0.717) is 22.3 Å². The molecule has 0 aliphatic rings. The molecular formula is C28H31BrN4O5. The number of nitrogens with zero attached hydrogens (tertiary/aromatic N) is 2. The number of anilines is 1. The molecule has 200 valence electrons. The zero-order chi connectivity index (χ0) is 27.2. The third kappa shape index (κ3) is 9.19. The van der Waals surface area contributed by atoms with Gasteiger partial charge in [-0.05, 0) is 46.1 Å². The Morgan fingerprint density at radius 2 is 1.68 bits per heavy atom. The Morgan fingerprint density at radius 1 is 0.974 bits per heavy atom. The van der Waals surface area contributed by atoms with Crippen LogP contribution in [0.3, 0.4) is 0 Å². The number of benzene rings is 2. The molecule has 3 amide bonds. The van der Waals surface area contributed by atoms with Crippen LogP contribution in [-0.2, 0) is 9.47 Å². The number of carbonyl (C=O) groups is 3. The Kier molecular flexibility index (Phi) is 11.6. The summed E-state index contributed by atoms with van der Waals surface area (Å²) in [7, 11) is 0. The molecular weight excluding hydrogens is 552 g/mol. The van der Waals surface area contributed by atoms with E-state index in [2.05, 4.69) is 31.5 Å². The maximum atomic E-state index is 13.2. The fourth-order valence-electron chi connectivity index (χ4n) is 3.53. The molecule has 10 heteroatoms. The van der Waals surface area contributed by atoms with Gasteiger partial charge in [0.15, 0.2) is 0 Å². The summed E-state index contributed by atoms with van der Waals surface area (Å²) < 4.78 is 11.6. The number of hydrogen-bond acceptors (Lipinski definition) is 6. The molecule has 1 atom stereocenters. The normalized spacial score (nSPS) is 11.2. The molecule has 1 unspecified atom stereocenters. The van der Waals surface area contributed by atoms with Crippen molar-refractivity contribution in [3.8, 4) is 0 Å². The quantitative estimate of drug-likeness (QED) is 0.273. The van der Waals surface area contributed by atoms with Gasteiger partial charge in [-0.3, -0.25) is 9.78 Å². The minimum Gasteiger partial charge on any atom is -0.448 e. The van der Waals surface area contributed by atoms with Crippen LogP contribution in [0.2, 0.25) is 0 Å². The number of nitrogens with one attached hydrogen (secondary N) is 2. The van der Waals surface area contributed by atoms with Crippen LogP contribution in [0.5, 0.6) is 0 Å². The predicted octanol–water partition coefficient (Wildman–Crippen LogP) is 5.48. The lowest BCUT2D eigenvalue weighted by Crippen LogP contribution is -2.37. The average molecular weight is 583 g/mol. The SMILES string of the molecule is CCCCNC(=O)OC(CNC(=O)OCCN(C(=O)c1cncc(Br)c1)c1ccccc1)c1ccccc1. The van der Waals surface area contributed by atoms with Gasteiger partial charge in [-0.1, -0.05) is 61.9 Å². The number of hydrogen-bond donors (Lipinski definition) is 2. The first-order chi connectivity index (χ1) is 18.5. The summed E-state index contributed by atoms with van der Waals surface area (Å²) in [6, 6.07) is 19.9. The van der Waals surface area contributed by atoms with Crippen LogP contribution in [0.25, 0.3) is 0 Å². The van der Waals surface area contributed by atoms with Gasteiger partial charge in [0.2, 0.25) is 0 Å². The number of ether oxygens (including phenoxy) is 2. The van der Waals surface area contributed by atoms with Gasteiger partial charge in [-0.2, -0.15) is 0 Å². The smallest absolute Gasteiger partial charge is 0.407 e. The molecule has 3 rings (SSSR count). The van der Waals surface area contributed by atoms with Crippen molar-refractivity contribution in [2.75, 3.05) is 31.1 Å². The second kappa shape index (κ2) is 15.4. The van der Waals surface area contributed by atoms with Crippen LogP contribution in [0.4, 0.5) is 15.3 Å². The summed E-state index contributed by atoms with van der Waals surface area (Å²) >= 11 is 3.34. The molecule has 1 aromatic heterocycles. The maximum absolute atomic E-state index is 13.2. The van der Waals surface area contributed by atoms with Crippen LogP contribution in [-0.4, -0.2) is 49.3 Å². The topological polar surface area (TPSA) is 110 Å². The first-order valence-electron chi connectivity index (χ1n) is 12.4. The summed E-state index contributed by atoms with van der Waals surface area (Å²) in [6.45, 7) is 2.64. The Labute approximate surface area is 230 Å². The van der Waals surface area contributed by atoms with Crippen molar-refractivity contribution in [2.24, 2.45) is 0 Å². The van der Waals surface area contributed by atoms with E-state index in [9.17, 15) is 14.4 Å². The number of alkyl carbamates (subject to hydrolysis) is 2. The first kappa shape index (κ1) is 28.6. The summed E-state index contributed by atoms with van der Waals surface area (Å²) in [6.07, 6.45) is 2.93. The molecule has 0 aliphatic carbocycles. The van der Waals surface area contributed by atoms with Crippen LogP contribution in [0.15, 0.2) is 83.6 Å². The zero-order valence-electron chi connectivity index (χ0n) is 21.1. The molecule has 2 N–H and O–H groups in total. The van der Waals surface area contributed by atoms with E-state index in [1.54, 1.807) is 24.4 Å². The number of aromatic nitrogens is 1. The number of unbranched alkanes of at least 4 members (excludes halogenated alkanes) is 1. The summed E-state index contributed by atoms with van der Waals surface area (Å²) in [5.74, 6) is -0.277. The molecule has 0 spiro atoms. The standard InChI is InChI=1S/C28H31BrN4O5/c1-2-3-14-31-28(36)38-25(21-10-6-4-7-11-21)20-32-27(35)37-16-15-33(24-12-8-5-9-13-24)26(34)22-17-23(29)19-30-18-22/h4-13,17-19,25H,2-3,14-16,20H2,1H3,(H,31,36)(H,32,35). The highest BCUT2D eigenvalue weighted by molar-refractivity contribution is 9.10. The van der Waals surface area contributed by atoms with Gasteiger partial charge in [-0.25, -0.2) is 9.59 Å². The first-order valence-corrected chi connectivity index (χ1v) is 13.1. The van der Waals surface area contributed by atoms with Gasteiger partial charge in [0.1, 0.15) is 12.7 Å². The summed E-state index contributed by atoms with van der Waals surface area (Å²) in [4.78, 5) is 43.5. The Balaban J connectivity index is 1.57. The minimum atomic E-state index is -0.697. The van der Waals surface area contributed by atoms with Crippen LogP contribution in [0.1, 0.15) is 41.8 Å². The average Bonchev–Trinajstić information content (AvgIpc) is 2.94. The summed E-state index contributed by atoms with van der Waals surface area (Å²) in [5.41, 5.74) is 1.79. The van der Waals surface area contributed by atoms with Crippen molar-refractivity contribution >= 4 is 39.7 Å². The lowest BCUT2D eigenvalue weighted by atomic mass is 10.1. The minimum absolute atomic E-state index is 0.0229. The third-order valence-corrected chi connectivity index (χ3v) is 5.90. The zero-order valence-corrected chi connectivity index (χ0v) is 22.7. The Morgan fingerprint density at radius 3 is 2.37 bits per heavy atom. The van der Waals surface area contributed by atoms with Crippen molar-refractivity contribution < 1.29 is 23.9 Å². The van der Waals surface area contributed by atoms with Crippen molar-refractivity contribution in [3.05, 3.63) is 94.7 Å². The number of halogens is 1. The Bertz CT molecular complexity index is 1180. The number of para-hydroxylation sites is 1. The van der Waals surface area contributed by atoms with Gasteiger partial charge >= 0.3 is 12.2 Å². The van der Waals surface area contributed by atoms with Gasteiger partial charge in [0, 0.05) is 29.1 Å². The fraction of sp³-hybridized carbons (Fsp3) is 0.286. The second-order valence-corrected chi connectivity index (χ2v) is 9.20. The maximum Gasteiger partial charge on any atom is 0.407 e. The third-order valence-electron chi connectivity index (χ3n) is 5.47. The lowest BCUT2D eigenvalue weighted by molar-refractivity contribution is 0.0913. The van der Waals surface area contributed by atoms with Crippen molar-refractivity contribution in [2.45, 2.75) is 25.9 Å². The highest BCUT2D eigenvalue weighted by atomic mass is 79.9. The van der Waals surface area contributed by atoms with Gasteiger partial charge in [-0.15, -0.1) is 0 Å². The van der Waals surface area contributed by atoms with Crippen molar-refractivity contribution in [1.29, 1.82) is 0 Å². The molecule has 0 saturated heterocycles. The van der Waals surface area contributed by atoms with E-state index in [4.69, 9.17) is 9.47 Å². The van der Waals surface area contributed by atoms with E-state index in [1.165, 1.54) is 11.1 Å². The number of rotatable bonds is 12. The fourth-order valence-corrected chi connectivity index (χ4v) is 3.90. The van der Waals surface area contributed by atoms with E-state index in [1.807, 2.05) is 55.5 Å². The van der Waals surface area contributed by atoms with Gasteiger partial charge < -0.3 is 25.0 Å². The second-order valence-electron chi connectivity index (χ2n) is 8.29. The number of carbonyl (C=O) groups excluding carboxylic acids is 3. The van der Waals surface area contributed by atoms with Crippen LogP contribution in [0, 0.1) is 0 Å². The van der Waals surface area contributed by atoms with E-state index < -0.39 is 18.3 Å². The van der Waals surface area contributed by atoms with Crippen molar-refractivity contribution in [1.82, 2.24) is 15.6 Å². The molecule has 0 aliphatic heterocycles. The molecule has 0 radical (unpaired) electrons. The van der Waals surface area contributed by atoms with E-state index in [0.717, 1.165) is 18.4 Å². The molecule has 2 aromatic carbocycles. The molecule has 38 heavy (non-hydrogen) atoms. The highest BCUT2D eigenvalue weighted by Gasteiger charge is 2.20. The molecule has 9 nitrogen and oxygen atoms in total. The molecule has 3 aromatic rings. The largest absolute Gasteiger partial charge is 0.448 e. The van der Waals surface area contributed by atoms with Gasteiger partial charge in [0.05, 0.1) is 18.7 Å². The molecule has 0 bridgehead atoms. The number of pyridine rings is 1. The lowest BCUT2D eigenvalue weighted by Gasteiger charge is -2.23. The molecule has 1 heterocycles. The monoisotopic (exact) mass is 582 g/mol. The van der Waals surface area contributed by atoms with Gasteiger partial charge in [0.25, 0.3) is 5.91 Å². The summed E-state index contributed by atoms with van der Waals surface area (Å²) in [5, 5.41) is 5.36. The highest BCUT2D eigenvalue weighted by Crippen LogP contribution is 2.19. The van der Waals surface area contributed by atoms with Crippen LogP contribution < -0.4 is 15.5 Å². The predicted molar refractivity (Wildman–Crippen MR) is 148 cm³/mol.